The van der Waals surface area contributed by atoms with E-state index in [2.05, 4.69) is 4.98 Å². The van der Waals surface area contributed by atoms with Crippen molar-refractivity contribution < 1.29 is 24.2 Å². The SMILES string of the molecule is O=C(O)COc1cccc(N2C(=O)c3cccnc3C2=O)c1. The first-order valence-corrected chi connectivity index (χ1v) is 6.36. The predicted molar refractivity (Wildman–Crippen MR) is 74.9 cm³/mol. The van der Waals surface area contributed by atoms with E-state index in [1.165, 1.54) is 18.3 Å². The van der Waals surface area contributed by atoms with E-state index in [1.807, 2.05) is 0 Å². The quantitative estimate of drug-likeness (QED) is 0.856. The van der Waals surface area contributed by atoms with E-state index in [0.717, 1.165) is 4.90 Å². The van der Waals surface area contributed by atoms with E-state index in [-0.39, 0.29) is 17.0 Å². The highest BCUT2D eigenvalue weighted by atomic mass is 16.5. The van der Waals surface area contributed by atoms with Gasteiger partial charge in [-0.1, -0.05) is 6.07 Å². The summed E-state index contributed by atoms with van der Waals surface area (Å²) in [5.74, 6) is -1.85. The van der Waals surface area contributed by atoms with Crippen molar-refractivity contribution in [2.45, 2.75) is 0 Å². The van der Waals surface area contributed by atoms with Crippen LogP contribution in [0, 0.1) is 0 Å². The van der Waals surface area contributed by atoms with Gasteiger partial charge in [-0.3, -0.25) is 14.6 Å². The summed E-state index contributed by atoms with van der Waals surface area (Å²) in [6, 6.07) is 9.24. The van der Waals surface area contributed by atoms with Crippen molar-refractivity contribution in [3.05, 3.63) is 53.9 Å². The number of carboxylic acid groups (broad SMARTS) is 1. The first kappa shape index (κ1) is 13.7. The number of carbonyl (C=O) groups excluding carboxylic acids is 2. The van der Waals surface area contributed by atoms with Crippen molar-refractivity contribution in [3.8, 4) is 5.75 Å². The monoisotopic (exact) mass is 298 g/mol. The summed E-state index contributed by atoms with van der Waals surface area (Å²) in [6.45, 7) is -0.507. The fourth-order valence-corrected chi connectivity index (χ4v) is 2.16. The summed E-state index contributed by atoms with van der Waals surface area (Å²) in [5.41, 5.74) is 0.643. The summed E-state index contributed by atoms with van der Waals surface area (Å²) in [7, 11) is 0. The first-order chi connectivity index (χ1) is 10.6. The van der Waals surface area contributed by atoms with Gasteiger partial charge < -0.3 is 9.84 Å². The number of amides is 2. The molecule has 0 saturated carbocycles. The second kappa shape index (κ2) is 5.28. The van der Waals surface area contributed by atoms with Crippen molar-refractivity contribution in [1.29, 1.82) is 0 Å². The molecule has 22 heavy (non-hydrogen) atoms. The van der Waals surface area contributed by atoms with Gasteiger partial charge in [0.05, 0.1) is 11.3 Å². The van der Waals surface area contributed by atoms with Gasteiger partial charge >= 0.3 is 5.97 Å². The van der Waals surface area contributed by atoms with Crippen LogP contribution in [0.2, 0.25) is 0 Å². The molecule has 0 radical (unpaired) electrons. The standard InChI is InChI=1S/C15H10N2O5/c18-12(19)8-22-10-4-1-3-9(7-10)17-14(20)11-5-2-6-16-13(11)15(17)21/h1-7H,8H2,(H,18,19). The Morgan fingerprint density at radius 1 is 1.18 bits per heavy atom. The number of hydrogen-bond acceptors (Lipinski definition) is 5. The van der Waals surface area contributed by atoms with Gasteiger partial charge in [-0.05, 0) is 24.3 Å². The molecule has 0 atom stereocenters. The molecule has 0 bridgehead atoms. The summed E-state index contributed by atoms with van der Waals surface area (Å²) < 4.78 is 5.05. The maximum atomic E-state index is 12.3. The smallest absolute Gasteiger partial charge is 0.341 e. The van der Waals surface area contributed by atoms with Crippen LogP contribution in [0.3, 0.4) is 0 Å². The van der Waals surface area contributed by atoms with Crippen molar-refractivity contribution in [3.63, 3.8) is 0 Å². The van der Waals surface area contributed by atoms with Gasteiger partial charge in [-0.25, -0.2) is 9.69 Å². The number of ether oxygens (including phenoxy) is 1. The summed E-state index contributed by atoms with van der Waals surface area (Å²) in [4.78, 5) is 40.0. The molecule has 0 saturated heterocycles. The van der Waals surface area contributed by atoms with E-state index in [4.69, 9.17) is 9.84 Å². The average molecular weight is 298 g/mol. The van der Waals surface area contributed by atoms with Gasteiger partial charge in [0.15, 0.2) is 6.61 Å². The Morgan fingerprint density at radius 2 is 2.00 bits per heavy atom. The van der Waals surface area contributed by atoms with Gasteiger partial charge in [0.1, 0.15) is 11.4 Å². The highest BCUT2D eigenvalue weighted by Gasteiger charge is 2.37. The van der Waals surface area contributed by atoms with E-state index in [9.17, 15) is 14.4 Å². The maximum absolute atomic E-state index is 12.3. The molecule has 7 nitrogen and oxygen atoms in total. The van der Waals surface area contributed by atoms with Crippen LogP contribution in [0.1, 0.15) is 20.8 Å². The van der Waals surface area contributed by atoms with Crippen LogP contribution in [0.4, 0.5) is 5.69 Å². The molecule has 0 unspecified atom stereocenters. The minimum absolute atomic E-state index is 0.101. The Kier molecular flexibility index (Phi) is 3.30. The lowest BCUT2D eigenvalue weighted by Gasteiger charge is -2.14. The number of carbonyl (C=O) groups is 3. The number of rotatable bonds is 4. The predicted octanol–water partition coefficient (Wildman–Crippen LogP) is 1.35. The summed E-state index contributed by atoms with van der Waals surface area (Å²) >= 11 is 0. The van der Waals surface area contributed by atoms with Gasteiger partial charge in [-0.15, -0.1) is 0 Å². The number of benzene rings is 1. The van der Waals surface area contributed by atoms with Crippen molar-refractivity contribution in [2.24, 2.45) is 0 Å². The molecule has 7 heteroatoms. The third-order valence-electron chi connectivity index (χ3n) is 3.09. The highest BCUT2D eigenvalue weighted by Crippen LogP contribution is 2.29. The normalized spacial score (nSPS) is 13.2. The number of aromatic nitrogens is 1. The van der Waals surface area contributed by atoms with Crippen LogP contribution in [0.15, 0.2) is 42.6 Å². The number of anilines is 1. The fourth-order valence-electron chi connectivity index (χ4n) is 2.16. The van der Waals surface area contributed by atoms with E-state index < -0.39 is 24.4 Å². The second-order valence-electron chi connectivity index (χ2n) is 4.53. The second-order valence-corrected chi connectivity index (χ2v) is 4.53. The summed E-state index contributed by atoms with van der Waals surface area (Å²) in [6.07, 6.45) is 1.44. The number of hydrogen-bond donors (Lipinski definition) is 1. The minimum Gasteiger partial charge on any atom is -0.482 e. The Balaban J connectivity index is 1.92. The van der Waals surface area contributed by atoms with Crippen molar-refractivity contribution in [1.82, 2.24) is 4.98 Å². The van der Waals surface area contributed by atoms with Crippen LogP contribution in [-0.4, -0.2) is 34.5 Å². The highest BCUT2D eigenvalue weighted by molar-refractivity contribution is 6.33. The van der Waals surface area contributed by atoms with Crippen molar-refractivity contribution >= 4 is 23.5 Å². The molecule has 1 aromatic carbocycles. The number of fused-ring (bicyclic) bond motifs is 1. The van der Waals surface area contributed by atoms with Gasteiger partial charge in [0.25, 0.3) is 11.8 Å². The molecule has 2 amide bonds. The average Bonchev–Trinajstić information content (AvgIpc) is 2.78. The molecular formula is C15H10N2O5. The van der Waals surface area contributed by atoms with Crippen LogP contribution in [0.5, 0.6) is 5.75 Å². The third-order valence-corrected chi connectivity index (χ3v) is 3.09. The molecule has 0 fully saturated rings. The van der Waals surface area contributed by atoms with Crippen LogP contribution < -0.4 is 9.64 Å². The Labute approximate surface area is 124 Å². The Bertz CT molecular complexity index is 752. The molecule has 1 aliphatic rings. The molecule has 0 spiro atoms. The molecule has 0 aliphatic carbocycles. The lowest BCUT2D eigenvalue weighted by atomic mass is 10.2. The van der Waals surface area contributed by atoms with E-state index in [0.29, 0.717) is 5.69 Å². The fraction of sp³-hybridized carbons (Fsp3) is 0.0667. The minimum atomic E-state index is -1.12. The Hall–Kier alpha value is -3.22. The molecule has 3 rings (SSSR count). The Morgan fingerprint density at radius 3 is 2.73 bits per heavy atom. The van der Waals surface area contributed by atoms with Crippen LogP contribution in [0.25, 0.3) is 0 Å². The zero-order valence-corrected chi connectivity index (χ0v) is 11.2. The number of imide groups is 1. The van der Waals surface area contributed by atoms with Gasteiger partial charge in [0, 0.05) is 12.3 Å². The lowest BCUT2D eigenvalue weighted by molar-refractivity contribution is -0.139. The number of pyridine rings is 1. The lowest BCUT2D eigenvalue weighted by Crippen LogP contribution is -2.29. The summed E-state index contributed by atoms with van der Waals surface area (Å²) in [5, 5.41) is 8.61. The molecule has 2 heterocycles. The molecule has 2 aromatic rings. The largest absolute Gasteiger partial charge is 0.482 e. The molecule has 1 N–H and O–H groups in total. The van der Waals surface area contributed by atoms with E-state index >= 15 is 0 Å². The third kappa shape index (κ3) is 2.28. The van der Waals surface area contributed by atoms with Crippen LogP contribution in [-0.2, 0) is 4.79 Å². The molecular weight excluding hydrogens is 288 g/mol. The van der Waals surface area contributed by atoms with E-state index in [1.54, 1.807) is 24.3 Å². The zero-order chi connectivity index (χ0) is 15.7. The molecule has 110 valence electrons. The number of aliphatic carboxylic acids is 1. The maximum Gasteiger partial charge on any atom is 0.341 e. The van der Waals surface area contributed by atoms with Crippen LogP contribution >= 0.6 is 0 Å². The topological polar surface area (TPSA) is 96.8 Å². The first-order valence-electron chi connectivity index (χ1n) is 6.36. The van der Waals surface area contributed by atoms with Crippen molar-refractivity contribution in [2.75, 3.05) is 11.5 Å². The van der Waals surface area contributed by atoms with Gasteiger partial charge in [-0.2, -0.15) is 0 Å². The number of carboxylic acids is 1. The number of nitrogens with zero attached hydrogens (tertiary/aromatic N) is 2. The zero-order valence-electron chi connectivity index (χ0n) is 11.2. The molecule has 1 aliphatic heterocycles. The molecule has 1 aromatic heterocycles. The van der Waals surface area contributed by atoms with Gasteiger partial charge in [0.2, 0.25) is 0 Å².